The first-order valence-electron chi connectivity index (χ1n) is 8.65. The van der Waals surface area contributed by atoms with Gasteiger partial charge in [0.1, 0.15) is 5.15 Å². The molecule has 0 bridgehead atoms. The summed E-state index contributed by atoms with van der Waals surface area (Å²) in [7, 11) is 1.79. The molecule has 3 rings (SSSR count). The summed E-state index contributed by atoms with van der Waals surface area (Å²) in [5, 5.41) is 7.22. The summed E-state index contributed by atoms with van der Waals surface area (Å²) in [4.78, 5) is 10.9. The highest BCUT2D eigenvalue weighted by Crippen LogP contribution is 2.22. The molecule has 2 fully saturated rings. The minimum atomic E-state index is 0. The second-order valence-electron chi connectivity index (χ2n) is 6.37. The quantitative estimate of drug-likeness (QED) is 0.292. The number of hydrogen-bond donors (Lipinski definition) is 2. The van der Waals surface area contributed by atoms with Crippen LogP contribution in [0.25, 0.3) is 0 Å². The van der Waals surface area contributed by atoms with Crippen molar-refractivity contribution in [1.29, 1.82) is 0 Å². The van der Waals surface area contributed by atoms with Crippen LogP contribution in [0, 0.1) is 0 Å². The molecule has 6 nitrogen and oxygen atoms in total. The molecule has 2 aliphatic rings. The highest BCUT2D eigenvalue weighted by molar-refractivity contribution is 14.0. The van der Waals surface area contributed by atoms with Gasteiger partial charge in [-0.2, -0.15) is 0 Å². The molecule has 140 valence electrons. The van der Waals surface area contributed by atoms with E-state index in [2.05, 4.69) is 25.5 Å². The minimum Gasteiger partial charge on any atom is -0.373 e. The van der Waals surface area contributed by atoms with Crippen molar-refractivity contribution in [2.75, 3.05) is 39.8 Å². The van der Waals surface area contributed by atoms with Crippen molar-refractivity contribution < 1.29 is 4.74 Å². The molecule has 0 radical (unpaired) electrons. The summed E-state index contributed by atoms with van der Waals surface area (Å²) in [5.74, 6) is 0.809. The van der Waals surface area contributed by atoms with Gasteiger partial charge >= 0.3 is 0 Å². The Balaban J connectivity index is 0.00000225. The monoisotopic (exact) mass is 479 g/mol. The van der Waals surface area contributed by atoms with Gasteiger partial charge in [-0.1, -0.05) is 17.7 Å². The lowest BCUT2D eigenvalue weighted by atomic mass is 10.2. The maximum atomic E-state index is 5.96. The highest BCUT2D eigenvalue weighted by Gasteiger charge is 2.32. The average molecular weight is 480 g/mol. The number of guanidine groups is 1. The van der Waals surface area contributed by atoms with Crippen LogP contribution in [0.5, 0.6) is 0 Å². The summed E-state index contributed by atoms with van der Waals surface area (Å²) in [5.41, 5.74) is 1.15. The Hall–Kier alpha value is -0.640. The third-order valence-corrected chi connectivity index (χ3v) is 4.90. The molecule has 0 aliphatic carbocycles. The van der Waals surface area contributed by atoms with Crippen LogP contribution >= 0.6 is 35.6 Å². The molecule has 2 N–H and O–H groups in total. The number of ether oxygens (including phenoxy) is 1. The molecule has 0 saturated carbocycles. The Morgan fingerprint density at radius 3 is 3.08 bits per heavy atom. The van der Waals surface area contributed by atoms with Crippen LogP contribution in [0.4, 0.5) is 0 Å². The van der Waals surface area contributed by atoms with Crippen molar-refractivity contribution in [3.8, 4) is 0 Å². The van der Waals surface area contributed by atoms with Crippen molar-refractivity contribution >= 4 is 41.5 Å². The number of morpholine rings is 1. The van der Waals surface area contributed by atoms with E-state index in [0.29, 0.717) is 11.2 Å². The van der Waals surface area contributed by atoms with Gasteiger partial charge in [-0.25, -0.2) is 4.98 Å². The summed E-state index contributed by atoms with van der Waals surface area (Å²) >= 11 is 5.80. The van der Waals surface area contributed by atoms with Gasteiger partial charge in [0.25, 0.3) is 0 Å². The number of nitrogens with one attached hydrogen (secondary N) is 2. The molecule has 25 heavy (non-hydrogen) atoms. The number of aliphatic imine (C=N–C) groups is 1. The Bertz CT molecular complexity index is 556. The molecule has 2 aliphatic heterocycles. The standard InChI is InChI=1S/C17H26ClN5O.HI/c1-19-17(20-7-6-13-4-5-16(18)21-9-13)22-10-15-11-23-8-2-3-14(23)12-24-15;/h4-5,9,14-15H,2-3,6-8,10-12H2,1H3,(H2,19,20,22);1H. The molecule has 8 heteroatoms. The van der Waals surface area contributed by atoms with Gasteiger partial charge in [-0.05, 0) is 37.4 Å². The smallest absolute Gasteiger partial charge is 0.191 e. The number of aromatic nitrogens is 1. The maximum absolute atomic E-state index is 5.96. The lowest BCUT2D eigenvalue weighted by molar-refractivity contribution is -0.0453. The van der Waals surface area contributed by atoms with Crippen molar-refractivity contribution in [1.82, 2.24) is 20.5 Å². The zero-order valence-electron chi connectivity index (χ0n) is 14.6. The molecule has 0 spiro atoms. The minimum absolute atomic E-state index is 0. The third kappa shape index (κ3) is 6.23. The Kier molecular flexibility index (Phi) is 8.68. The maximum Gasteiger partial charge on any atom is 0.191 e. The van der Waals surface area contributed by atoms with Gasteiger partial charge < -0.3 is 15.4 Å². The normalized spacial score (nSPS) is 23.7. The van der Waals surface area contributed by atoms with Gasteiger partial charge in [0.05, 0.1) is 12.7 Å². The van der Waals surface area contributed by atoms with E-state index in [1.54, 1.807) is 7.05 Å². The van der Waals surface area contributed by atoms with E-state index in [1.807, 2.05) is 18.3 Å². The zero-order chi connectivity index (χ0) is 16.8. The molecule has 0 amide bonds. The van der Waals surface area contributed by atoms with E-state index in [9.17, 15) is 0 Å². The van der Waals surface area contributed by atoms with Crippen LogP contribution in [0.3, 0.4) is 0 Å². The van der Waals surface area contributed by atoms with Gasteiger partial charge in [0, 0.05) is 38.9 Å². The fraction of sp³-hybridized carbons (Fsp3) is 0.647. The molecule has 3 heterocycles. The van der Waals surface area contributed by atoms with Crippen molar-refractivity contribution in [3.63, 3.8) is 0 Å². The van der Waals surface area contributed by atoms with Crippen molar-refractivity contribution in [3.05, 3.63) is 29.0 Å². The second kappa shape index (κ2) is 10.5. The van der Waals surface area contributed by atoms with Gasteiger partial charge in [-0.3, -0.25) is 9.89 Å². The Labute approximate surface area is 171 Å². The molecule has 2 atom stereocenters. The Morgan fingerprint density at radius 2 is 2.32 bits per heavy atom. The zero-order valence-corrected chi connectivity index (χ0v) is 17.7. The van der Waals surface area contributed by atoms with Crippen LogP contribution in [0.2, 0.25) is 5.15 Å². The van der Waals surface area contributed by atoms with E-state index in [-0.39, 0.29) is 30.1 Å². The van der Waals surface area contributed by atoms with E-state index in [0.717, 1.165) is 44.2 Å². The Morgan fingerprint density at radius 1 is 1.44 bits per heavy atom. The first-order chi connectivity index (χ1) is 11.7. The van der Waals surface area contributed by atoms with Gasteiger partial charge in [-0.15, -0.1) is 24.0 Å². The van der Waals surface area contributed by atoms with E-state index in [1.165, 1.54) is 19.4 Å². The van der Waals surface area contributed by atoms with E-state index >= 15 is 0 Å². The van der Waals surface area contributed by atoms with E-state index < -0.39 is 0 Å². The van der Waals surface area contributed by atoms with Crippen molar-refractivity contribution in [2.45, 2.75) is 31.4 Å². The van der Waals surface area contributed by atoms with Crippen LogP contribution < -0.4 is 10.6 Å². The predicted octanol–water partition coefficient (Wildman–Crippen LogP) is 1.92. The molecule has 1 aromatic rings. The SMILES string of the molecule is CN=C(NCCc1ccc(Cl)nc1)NCC1CN2CCCC2CO1.I. The summed E-state index contributed by atoms with van der Waals surface area (Å²) in [6, 6.07) is 4.46. The first kappa shape index (κ1) is 20.7. The van der Waals surface area contributed by atoms with E-state index in [4.69, 9.17) is 16.3 Å². The van der Waals surface area contributed by atoms with Crippen LogP contribution in [0.15, 0.2) is 23.3 Å². The lowest BCUT2D eigenvalue weighted by Crippen LogP contribution is -2.51. The number of pyridine rings is 1. The predicted molar refractivity (Wildman–Crippen MR) is 112 cm³/mol. The highest BCUT2D eigenvalue weighted by atomic mass is 127. The van der Waals surface area contributed by atoms with Gasteiger partial charge in [0.2, 0.25) is 0 Å². The average Bonchev–Trinajstić information content (AvgIpc) is 3.07. The summed E-state index contributed by atoms with van der Waals surface area (Å²) in [6.45, 7) is 4.67. The second-order valence-corrected chi connectivity index (χ2v) is 6.75. The summed E-state index contributed by atoms with van der Waals surface area (Å²) < 4.78 is 5.96. The topological polar surface area (TPSA) is 61.8 Å². The fourth-order valence-corrected chi connectivity index (χ4v) is 3.43. The van der Waals surface area contributed by atoms with Gasteiger partial charge in [0.15, 0.2) is 5.96 Å². The third-order valence-electron chi connectivity index (χ3n) is 4.68. The number of fused-ring (bicyclic) bond motifs is 1. The first-order valence-corrected chi connectivity index (χ1v) is 9.03. The molecule has 1 aromatic heterocycles. The molecule has 2 unspecified atom stereocenters. The summed E-state index contributed by atoms with van der Waals surface area (Å²) in [6.07, 6.45) is 5.50. The number of hydrogen-bond acceptors (Lipinski definition) is 4. The molecule has 0 aromatic carbocycles. The van der Waals surface area contributed by atoms with Crippen LogP contribution in [0.1, 0.15) is 18.4 Å². The largest absolute Gasteiger partial charge is 0.373 e. The van der Waals surface area contributed by atoms with Crippen LogP contribution in [-0.2, 0) is 11.2 Å². The van der Waals surface area contributed by atoms with Crippen molar-refractivity contribution in [2.24, 2.45) is 4.99 Å². The number of nitrogens with zero attached hydrogens (tertiary/aromatic N) is 3. The van der Waals surface area contributed by atoms with Crippen LogP contribution in [-0.4, -0.2) is 67.8 Å². The number of halogens is 2. The fourth-order valence-electron chi connectivity index (χ4n) is 3.32. The molecule has 2 saturated heterocycles. The lowest BCUT2D eigenvalue weighted by Gasteiger charge is -2.35. The molecular formula is C17H27ClIN5O. The molecular weight excluding hydrogens is 453 g/mol. The number of rotatable bonds is 5.